The van der Waals surface area contributed by atoms with Crippen LogP contribution in [0.1, 0.15) is 16.1 Å². The number of amides is 1. The number of piperazine rings is 1. The molecule has 160 valence electrons. The SMILES string of the molecule is O=C(CSc1nc(CC(=O)N2CCN(c3cccc(Cl)c3)CC2)cs1)c1ccccc1. The zero-order valence-electron chi connectivity index (χ0n) is 16.9. The number of carbonyl (C=O) groups excluding carboxylic acids is 2. The Bertz CT molecular complexity index is 1050. The lowest BCUT2D eigenvalue weighted by Crippen LogP contribution is -2.49. The number of benzene rings is 2. The summed E-state index contributed by atoms with van der Waals surface area (Å²) in [5.41, 5.74) is 2.56. The van der Waals surface area contributed by atoms with E-state index in [0.717, 1.165) is 33.8 Å². The first-order valence-corrected chi connectivity index (χ1v) is 12.3. The molecule has 3 aromatic rings. The average molecular weight is 472 g/mol. The largest absolute Gasteiger partial charge is 0.368 e. The summed E-state index contributed by atoms with van der Waals surface area (Å²) in [4.78, 5) is 33.6. The normalized spacial score (nSPS) is 14.0. The molecular formula is C23H22ClN3O2S2. The highest BCUT2D eigenvalue weighted by atomic mass is 35.5. The van der Waals surface area contributed by atoms with Gasteiger partial charge in [0, 0.05) is 47.8 Å². The first kappa shape index (κ1) is 21.9. The van der Waals surface area contributed by atoms with Crippen LogP contribution < -0.4 is 4.90 Å². The summed E-state index contributed by atoms with van der Waals surface area (Å²) in [6, 6.07) is 17.1. The number of thioether (sulfide) groups is 1. The molecule has 0 saturated carbocycles. The van der Waals surface area contributed by atoms with E-state index in [1.54, 1.807) is 0 Å². The molecule has 1 aliphatic heterocycles. The zero-order chi connectivity index (χ0) is 21.6. The average Bonchev–Trinajstić information content (AvgIpc) is 3.25. The molecule has 0 atom stereocenters. The molecule has 1 aromatic heterocycles. The predicted molar refractivity (Wildman–Crippen MR) is 128 cm³/mol. The Morgan fingerprint density at radius 2 is 1.81 bits per heavy atom. The summed E-state index contributed by atoms with van der Waals surface area (Å²) in [6.07, 6.45) is 0.293. The number of hydrogen-bond donors (Lipinski definition) is 0. The van der Waals surface area contributed by atoms with Crippen molar-refractivity contribution >= 4 is 52.1 Å². The fourth-order valence-corrected chi connectivity index (χ4v) is 5.35. The quantitative estimate of drug-likeness (QED) is 0.370. The zero-order valence-corrected chi connectivity index (χ0v) is 19.3. The van der Waals surface area contributed by atoms with Gasteiger partial charge in [0.15, 0.2) is 10.1 Å². The number of anilines is 1. The third-order valence-electron chi connectivity index (χ3n) is 5.09. The monoisotopic (exact) mass is 471 g/mol. The topological polar surface area (TPSA) is 53.5 Å². The molecule has 0 unspecified atom stereocenters. The summed E-state index contributed by atoms with van der Waals surface area (Å²) in [6.45, 7) is 2.93. The Hall–Kier alpha value is -2.35. The highest BCUT2D eigenvalue weighted by molar-refractivity contribution is 8.01. The van der Waals surface area contributed by atoms with Gasteiger partial charge in [-0.3, -0.25) is 9.59 Å². The van der Waals surface area contributed by atoms with Gasteiger partial charge in [-0.1, -0.05) is 59.8 Å². The van der Waals surface area contributed by atoms with Crippen molar-refractivity contribution in [2.24, 2.45) is 0 Å². The van der Waals surface area contributed by atoms with Crippen molar-refractivity contribution in [3.8, 4) is 0 Å². The van der Waals surface area contributed by atoms with E-state index in [9.17, 15) is 9.59 Å². The standard InChI is InChI=1S/C23H22ClN3O2S2/c24-18-7-4-8-20(13-18)26-9-11-27(12-10-26)22(29)14-19-15-30-23(25-19)31-16-21(28)17-5-2-1-3-6-17/h1-8,13,15H,9-12,14,16H2. The van der Waals surface area contributed by atoms with Gasteiger partial charge in [0.05, 0.1) is 17.9 Å². The number of thiazole rings is 1. The number of hydrogen-bond acceptors (Lipinski definition) is 6. The van der Waals surface area contributed by atoms with E-state index >= 15 is 0 Å². The number of nitrogens with zero attached hydrogens (tertiary/aromatic N) is 3. The summed E-state index contributed by atoms with van der Waals surface area (Å²) < 4.78 is 0.817. The van der Waals surface area contributed by atoms with E-state index in [1.165, 1.54) is 23.1 Å². The van der Waals surface area contributed by atoms with Crippen molar-refractivity contribution in [3.05, 3.63) is 76.3 Å². The van der Waals surface area contributed by atoms with Crippen molar-refractivity contribution in [2.75, 3.05) is 36.8 Å². The minimum absolute atomic E-state index is 0.0796. The maximum Gasteiger partial charge on any atom is 0.228 e. The third kappa shape index (κ3) is 5.87. The van der Waals surface area contributed by atoms with E-state index in [-0.39, 0.29) is 11.7 Å². The molecule has 2 heterocycles. The molecule has 0 N–H and O–H groups in total. The number of Topliss-reactive ketones (excluding diaryl/α,β-unsaturated/α-hetero) is 1. The second-order valence-corrected chi connectivity index (χ2v) is 9.72. The molecule has 1 aliphatic rings. The van der Waals surface area contributed by atoms with Gasteiger partial charge in [-0.05, 0) is 18.2 Å². The summed E-state index contributed by atoms with van der Waals surface area (Å²) >= 11 is 8.99. The number of rotatable bonds is 7. The van der Waals surface area contributed by atoms with Crippen LogP contribution in [0, 0.1) is 0 Å². The minimum Gasteiger partial charge on any atom is -0.368 e. The molecule has 0 spiro atoms. The lowest BCUT2D eigenvalue weighted by molar-refractivity contribution is -0.130. The lowest BCUT2D eigenvalue weighted by atomic mass is 10.2. The van der Waals surface area contributed by atoms with E-state index in [4.69, 9.17) is 11.6 Å². The molecule has 1 saturated heterocycles. The van der Waals surface area contributed by atoms with Crippen LogP contribution in [0.4, 0.5) is 5.69 Å². The van der Waals surface area contributed by atoms with Crippen molar-refractivity contribution in [2.45, 2.75) is 10.8 Å². The number of ketones is 1. The van der Waals surface area contributed by atoms with Crippen LogP contribution in [-0.2, 0) is 11.2 Å². The minimum atomic E-state index is 0.0796. The summed E-state index contributed by atoms with van der Waals surface area (Å²) in [5, 5.41) is 2.63. The van der Waals surface area contributed by atoms with E-state index in [1.807, 2.05) is 64.9 Å². The molecule has 0 radical (unpaired) electrons. The molecule has 8 heteroatoms. The van der Waals surface area contributed by atoms with Crippen LogP contribution in [0.2, 0.25) is 5.02 Å². The number of carbonyl (C=O) groups is 2. The van der Waals surface area contributed by atoms with Gasteiger partial charge in [-0.15, -0.1) is 11.3 Å². The van der Waals surface area contributed by atoms with Crippen LogP contribution in [0.3, 0.4) is 0 Å². The van der Waals surface area contributed by atoms with Gasteiger partial charge in [0.2, 0.25) is 5.91 Å². The smallest absolute Gasteiger partial charge is 0.228 e. The predicted octanol–water partition coefficient (Wildman–Crippen LogP) is 4.66. The van der Waals surface area contributed by atoms with E-state index in [0.29, 0.717) is 30.8 Å². The lowest BCUT2D eigenvalue weighted by Gasteiger charge is -2.36. The van der Waals surface area contributed by atoms with Gasteiger partial charge in [-0.2, -0.15) is 0 Å². The molecule has 0 bridgehead atoms. The molecule has 1 fully saturated rings. The van der Waals surface area contributed by atoms with Gasteiger partial charge in [-0.25, -0.2) is 4.98 Å². The first-order valence-electron chi connectivity index (χ1n) is 10.0. The van der Waals surface area contributed by atoms with Crippen molar-refractivity contribution in [1.82, 2.24) is 9.88 Å². The van der Waals surface area contributed by atoms with Gasteiger partial charge in [0.25, 0.3) is 0 Å². The second-order valence-electron chi connectivity index (χ2n) is 7.21. The second kappa shape index (κ2) is 10.3. The molecule has 31 heavy (non-hydrogen) atoms. The Kier molecular flexibility index (Phi) is 7.27. The van der Waals surface area contributed by atoms with E-state index < -0.39 is 0 Å². The van der Waals surface area contributed by atoms with Crippen LogP contribution >= 0.6 is 34.7 Å². The first-order chi connectivity index (χ1) is 15.1. The highest BCUT2D eigenvalue weighted by Crippen LogP contribution is 2.25. The molecule has 5 nitrogen and oxygen atoms in total. The Morgan fingerprint density at radius 3 is 2.55 bits per heavy atom. The van der Waals surface area contributed by atoms with Gasteiger partial charge < -0.3 is 9.80 Å². The van der Waals surface area contributed by atoms with Crippen LogP contribution in [-0.4, -0.2) is 53.5 Å². The summed E-state index contributed by atoms with van der Waals surface area (Å²) in [5.74, 6) is 0.514. The highest BCUT2D eigenvalue weighted by Gasteiger charge is 2.22. The fourth-order valence-electron chi connectivity index (χ4n) is 3.42. The van der Waals surface area contributed by atoms with E-state index in [2.05, 4.69) is 9.88 Å². The molecule has 1 amide bonds. The Balaban J connectivity index is 1.25. The Labute approximate surface area is 195 Å². The maximum absolute atomic E-state index is 12.7. The van der Waals surface area contributed by atoms with Gasteiger partial charge in [0.1, 0.15) is 0 Å². The van der Waals surface area contributed by atoms with Crippen LogP contribution in [0.25, 0.3) is 0 Å². The molecule has 4 rings (SSSR count). The molecule has 2 aromatic carbocycles. The fraction of sp³-hybridized carbons (Fsp3) is 0.261. The number of aromatic nitrogens is 1. The Morgan fingerprint density at radius 1 is 1.03 bits per heavy atom. The maximum atomic E-state index is 12.7. The molecular weight excluding hydrogens is 450 g/mol. The van der Waals surface area contributed by atoms with Crippen LogP contribution in [0.15, 0.2) is 64.3 Å². The molecule has 0 aliphatic carbocycles. The van der Waals surface area contributed by atoms with Crippen molar-refractivity contribution < 1.29 is 9.59 Å². The van der Waals surface area contributed by atoms with Crippen molar-refractivity contribution in [1.29, 1.82) is 0 Å². The van der Waals surface area contributed by atoms with Crippen molar-refractivity contribution in [3.63, 3.8) is 0 Å². The third-order valence-corrected chi connectivity index (χ3v) is 7.40. The van der Waals surface area contributed by atoms with Gasteiger partial charge >= 0.3 is 0 Å². The van der Waals surface area contributed by atoms with Crippen LogP contribution in [0.5, 0.6) is 0 Å². The summed E-state index contributed by atoms with van der Waals surface area (Å²) in [7, 11) is 0. The number of halogens is 1.